The van der Waals surface area contributed by atoms with Crippen molar-refractivity contribution in [2.24, 2.45) is 5.92 Å². The molecule has 2 aromatic heterocycles. The van der Waals surface area contributed by atoms with Gasteiger partial charge in [-0.15, -0.1) is 0 Å². The number of aromatic amines is 1. The Balaban J connectivity index is 0.000000356. The van der Waals surface area contributed by atoms with E-state index >= 15 is 0 Å². The molecule has 3 aliphatic rings. The van der Waals surface area contributed by atoms with Crippen molar-refractivity contribution >= 4 is 17.5 Å². The zero-order valence-electron chi connectivity index (χ0n) is 19.2. The molecule has 13 heteroatoms. The monoisotopic (exact) mass is 496 g/mol. The van der Waals surface area contributed by atoms with E-state index < -0.39 is 17.8 Å². The molecule has 1 saturated heterocycles. The second kappa shape index (κ2) is 10.2. The second-order valence-electron chi connectivity index (χ2n) is 8.85. The van der Waals surface area contributed by atoms with Gasteiger partial charge in [-0.25, -0.2) is 4.98 Å². The first-order chi connectivity index (χ1) is 16.6. The lowest BCUT2D eigenvalue weighted by atomic mass is 10.1. The van der Waals surface area contributed by atoms with Crippen molar-refractivity contribution < 1.29 is 22.7 Å². The molecule has 1 N–H and O–H groups in total. The van der Waals surface area contributed by atoms with E-state index in [0.717, 1.165) is 18.9 Å². The van der Waals surface area contributed by atoms with Crippen LogP contribution in [0.15, 0.2) is 34.2 Å². The second-order valence-corrected chi connectivity index (χ2v) is 8.85. The Bertz CT molecular complexity index is 1150. The molecule has 0 spiro atoms. The number of halogens is 3. The number of hydrogen-bond donors (Lipinski definition) is 1. The van der Waals surface area contributed by atoms with Crippen LogP contribution in [-0.4, -0.2) is 70.4 Å². The quantitative estimate of drug-likeness (QED) is 0.678. The summed E-state index contributed by atoms with van der Waals surface area (Å²) in [5, 5.41) is 0. The minimum absolute atomic E-state index is 0.00333. The number of morpholine rings is 1. The van der Waals surface area contributed by atoms with Crippen LogP contribution < -0.4 is 20.9 Å². The number of nitrogens with one attached hydrogen (secondary N) is 1. The van der Waals surface area contributed by atoms with Crippen LogP contribution >= 0.6 is 0 Å². The number of fused-ring (bicyclic) bond motifs is 1. The lowest BCUT2D eigenvalue weighted by Gasteiger charge is -2.38. The molecule has 190 valence electrons. The highest BCUT2D eigenvalue weighted by molar-refractivity contribution is 5.87. The van der Waals surface area contributed by atoms with Crippen molar-refractivity contribution in [1.29, 1.82) is 0 Å². The smallest absolute Gasteiger partial charge is 0.377 e. The van der Waals surface area contributed by atoms with Crippen molar-refractivity contribution in [2.45, 2.75) is 44.4 Å². The molecule has 0 radical (unpaired) electrons. The fourth-order valence-electron chi connectivity index (χ4n) is 4.19. The number of Topliss-reactive ketones (excluding diaryl/α,β-unsaturated/α-hetero) is 1. The van der Waals surface area contributed by atoms with E-state index in [2.05, 4.69) is 15.0 Å². The molecule has 2 aliphatic heterocycles. The fourth-order valence-corrected chi connectivity index (χ4v) is 4.19. The van der Waals surface area contributed by atoms with Crippen LogP contribution in [0.5, 0.6) is 0 Å². The zero-order valence-corrected chi connectivity index (χ0v) is 19.2. The van der Waals surface area contributed by atoms with E-state index in [-0.39, 0.29) is 48.8 Å². The Morgan fingerprint density at radius 3 is 2.57 bits per heavy atom. The minimum atomic E-state index is -4.55. The number of ketones is 1. The Morgan fingerprint density at radius 1 is 1.23 bits per heavy atom. The number of hydrogen-bond acceptors (Lipinski definition) is 8. The summed E-state index contributed by atoms with van der Waals surface area (Å²) in [4.78, 5) is 49.0. The molecule has 0 bridgehead atoms. The third-order valence-electron chi connectivity index (χ3n) is 6.20. The van der Waals surface area contributed by atoms with E-state index in [9.17, 15) is 27.6 Å². The number of carbonyl (C=O) groups is 1. The summed E-state index contributed by atoms with van der Waals surface area (Å²) >= 11 is 0. The number of carbonyl (C=O) groups excluding carboxylic acids is 1. The van der Waals surface area contributed by atoms with Crippen molar-refractivity contribution in [2.75, 3.05) is 42.6 Å². The topological polar surface area (TPSA) is 113 Å². The predicted octanol–water partition coefficient (Wildman–Crippen LogP) is 1.53. The molecular formula is C22H27F3N6O4. The van der Waals surface area contributed by atoms with Gasteiger partial charge in [0.2, 0.25) is 5.95 Å². The maximum absolute atomic E-state index is 13.5. The molecular weight excluding hydrogens is 469 g/mol. The van der Waals surface area contributed by atoms with Crippen LogP contribution in [0.1, 0.15) is 32.2 Å². The molecule has 1 saturated carbocycles. The third-order valence-corrected chi connectivity index (χ3v) is 6.20. The Morgan fingerprint density at radius 2 is 2.00 bits per heavy atom. The van der Waals surface area contributed by atoms with Crippen molar-refractivity contribution in [3.63, 3.8) is 0 Å². The summed E-state index contributed by atoms with van der Waals surface area (Å²) in [6, 6.07) is 0.550. The van der Waals surface area contributed by atoms with Gasteiger partial charge in [-0.1, -0.05) is 0 Å². The highest BCUT2D eigenvalue weighted by Gasteiger charge is 2.46. The summed E-state index contributed by atoms with van der Waals surface area (Å²) in [5.74, 6) is 0.252. The van der Waals surface area contributed by atoms with Gasteiger partial charge in [-0.3, -0.25) is 19.0 Å². The number of alkyl halides is 3. The molecule has 0 unspecified atom stereocenters. The molecule has 1 aliphatic carbocycles. The van der Waals surface area contributed by atoms with Gasteiger partial charge in [-0.05, 0) is 26.2 Å². The molecule has 2 aromatic rings. The number of aromatic nitrogens is 4. The summed E-state index contributed by atoms with van der Waals surface area (Å²) in [6.45, 7) is 3.35. The normalized spacial score (nSPS) is 22.2. The number of H-pyrrole nitrogens is 1. The van der Waals surface area contributed by atoms with Crippen LogP contribution in [0, 0.1) is 5.92 Å². The predicted molar refractivity (Wildman–Crippen MR) is 121 cm³/mol. The van der Waals surface area contributed by atoms with Gasteiger partial charge in [0, 0.05) is 37.3 Å². The zero-order chi connectivity index (χ0) is 25.2. The Kier molecular flexibility index (Phi) is 7.24. The van der Waals surface area contributed by atoms with E-state index in [4.69, 9.17) is 4.74 Å². The van der Waals surface area contributed by atoms with Crippen molar-refractivity contribution in [1.82, 2.24) is 19.5 Å². The Hall–Kier alpha value is -3.22. The lowest BCUT2D eigenvalue weighted by Crippen LogP contribution is -2.49. The number of rotatable bonds is 4. The molecule has 35 heavy (non-hydrogen) atoms. The number of nitrogens with zero attached hydrogens (tertiary/aromatic N) is 5. The standard InChI is InChI=1S/C18H23F3N4O3.C4H4N2O/c1-11-10-28-7-6-24(11)15-8-16(27)25-14(18(19,20)21)4-5-23(17(25)22-15)9-13(26)12-2-3-12;7-4-1-2-5-3-6-4/h8,11-12,14H,2-7,9-10H2,1H3;1-3H,(H,5,6,7)/t11-,14-;/m1./s1. The van der Waals surface area contributed by atoms with E-state index in [1.165, 1.54) is 23.5 Å². The fraction of sp³-hybridized carbons (Fsp3) is 0.591. The molecule has 0 aromatic carbocycles. The van der Waals surface area contributed by atoms with Gasteiger partial charge in [0.05, 0.1) is 32.1 Å². The van der Waals surface area contributed by atoms with E-state index in [0.29, 0.717) is 30.1 Å². The first-order valence-electron chi connectivity index (χ1n) is 11.5. The molecule has 2 atom stereocenters. The first kappa shape index (κ1) is 24.9. The van der Waals surface area contributed by atoms with Crippen molar-refractivity contribution in [3.05, 3.63) is 45.4 Å². The van der Waals surface area contributed by atoms with Crippen LogP contribution in [-0.2, 0) is 9.53 Å². The lowest BCUT2D eigenvalue weighted by molar-refractivity contribution is -0.170. The van der Waals surface area contributed by atoms with Gasteiger partial charge in [0.1, 0.15) is 11.9 Å². The molecule has 0 amide bonds. The summed E-state index contributed by atoms with van der Waals surface area (Å²) in [7, 11) is 0. The van der Waals surface area contributed by atoms with Gasteiger partial charge in [0.15, 0.2) is 5.78 Å². The van der Waals surface area contributed by atoms with Gasteiger partial charge in [-0.2, -0.15) is 18.2 Å². The minimum Gasteiger partial charge on any atom is -0.377 e. The average molecular weight is 496 g/mol. The summed E-state index contributed by atoms with van der Waals surface area (Å²) in [6.07, 6.45) is -0.391. The first-order valence-corrected chi connectivity index (χ1v) is 11.5. The van der Waals surface area contributed by atoms with Crippen LogP contribution in [0.4, 0.5) is 24.9 Å². The highest BCUT2D eigenvalue weighted by Crippen LogP contribution is 2.39. The van der Waals surface area contributed by atoms with Crippen LogP contribution in [0.3, 0.4) is 0 Å². The number of ether oxygens (including phenoxy) is 1. The molecule has 4 heterocycles. The van der Waals surface area contributed by atoms with E-state index in [1.54, 1.807) is 0 Å². The van der Waals surface area contributed by atoms with Crippen LogP contribution in [0.2, 0.25) is 0 Å². The average Bonchev–Trinajstić information content (AvgIpc) is 3.65. The van der Waals surface area contributed by atoms with E-state index in [1.807, 2.05) is 11.8 Å². The molecule has 5 rings (SSSR count). The van der Waals surface area contributed by atoms with Crippen LogP contribution in [0.25, 0.3) is 0 Å². The molecule has 10 nitrogen and oxygen atoms in total. The highest BCUT2D eigenvalue weighted by atomic mass is 19.4. The third kappa shape index (κ3) is 5.89. The van der Waals surface area contributed by atoms with Gasteiger partial charge >= 0.3 is 6.18 Å². The summed E-state index contributed by atoms with van der Waals surface area (Å²) < 4.78 is 46.7. The number of anilines is 2. The van der Waals surface area contributed by atoms with Crippen molar-refractivity contribution in [3.8, 4) is 0 Å². The maximum atomic E-state index is 13.5. The molecule has 2 fully saturated rings. The van der Waals surface area contributed by atoms with Gasteiger partial charge in [0.25, 0.3) is 11.1 Å². The van der Waals surface area contributed by atoms with Gasteiger partial charge < -0.3 is 19.5 Å². The maximum Gasteiger partial charge on any atom is 0.409 e. The summed E-state index contributed by atoms with van der Waals surface area (Å²) in [5.41, 5.74) is -0.861. The Labute approximate surface area is 198 Å². The largest absolute Gasteiger partial charge is 0.409 e. The SMILES string of the molecule is C[C@@H]1COCCN1c1cc(=O)n2c(n1)N(CC(=O)C1CC1)CC[C@@H]2C(F)(F)F.O=c1ccnc[nH]1.